The summed E-state index contributed by atoms with van der Waals surface area (Å²) in [5, 5.41) is 8.32. The highest BCUT2D eigenvalue weighted by molar-refractivity contribution is 9.10. The Balaban J connectivity index is 3.05. The van der Waals surface area contributed by atoms with Crippen molar-refractivity contribution >= 4 is 15.9 Å². The molecule has 2 N–H and O–H groups in total. The van der Waals surface area contributed by atoms with E-state index < -0.39 is 11.6 Å². The Labute approximate surface area is 76.3 Å². The number of hydrogen-bond donors (Lipinski definition) is 2. The molecule has 1 aromatic rings. The lowest BCUT2D eigenvalue weighted by molar-refractivity contribution is 0.161. The average Bonchev–Trinajstić information content (AvgIpc) is 2.01. The van der Waals surface area contributed by atoms with Crippen LogP contribution in [0.2, 0.25) is 0 Å². The second-order valence-corrected chi connectivity index (χ2v) is 3.05. The lowest BCUT2D eigenvalue weighted by Gasteiger charge is -2.03. The summed E-state index contributed by atoms with van der Waals surface area (Å²) in [6, 6.07) is 2.03. The van der Waals surface area contributed by atoms with E-state index in [0.29, 0.717) is 10.0 Å². The summed E-state index contributed by atoms with van der Waals surface area (Å²) in [5.74, 6) is -1.84. The van der Waals surface area contributed by atoms with Gasteiger partial charge in [0.1, 0.15) is 0 Å². The van der Waals surface area contributed by atoms with Crippen molar-refractivity contribution in [2.75, 3.05) is 0 Å². The number of hydroxylamine groups is 1. The fourth-order valence-electron chi connectivity index (χ4n) is 0.784. The van der Waals surface area contributed by atoms with Crippen molar-refractivity contribution in [3.8, 4) is 0 Å². The molecule has 0 atom stereocenters. The summed E-state index contributed by atoms with van der Waals surface area (Å²) >= 11 is 3.02. The Morgan fingerprint density at radius 3 is 2.50 bits per heavy atom. The monoisotopic (exact) mass is 237 g/mol. The minimum absolute atomic E-state index is 0.0672. The van der Waals surface area contributed by atoms with Gasteiger partial charge in [-0.15, -0.1) is 0 Å². The smallest absolute Gasteiger partial charge is 0.159 e. The largest absolute Gasteiger partial charge is 0.316 e. The highest BCUT2D eigenvalue weighted by Gasteiger charge is 2.06. The maximum absolute atomic E-state index is 12.6. The van der Waals surface area contributed by atoms with Crippen LogP contribution in [0.3, 0.4) is 0 Å². The van der Waals surface area contributed by atoms with Crippen molar-refractivity contribution in [3.63, 3.8) is 0 Å². The summed E-state index contributed by atoms with van der Waals surface area (Å²) in [5.41, 5.74) is 2.31. The quantitative estimate of drug-likeness (QED) is 0.611. The molecular formula is C7H6BrF2NO. The van der Waals surface area contributed by atoms with E-state index in [0.717, 1.165) is 12.1 Å². The molecule has 0 bridgehead atoms. The second-order valence-electron chi connectivity index (χ2n) is 2.19. The number of benzene rings is 1. The van der Waals surface area contributed by atoms with Gasteiger partial charge in [-0.2, -0.15) is 0 Å². The molecule has 0 saturated carbocycles. The zero-order valence-electron chi connectivity index (χ0n) is 5.94. The van der Waals surface area contributed by atoms with Crippen LogP contribution in [0.5, 0.6) is 0 Å². The van der Waals surface area contributed by atoms with Gasteiger partial charge < -0.3 is 5.21 Å². The first kappa shape index (κ1) is 9.57. The Morgan fingerprint density at radius 2 is 1.92 bits per heavy atom. The van der Waals surface area contributed by atoms with Crippen molar-refractivity contribution in [3.05, 3.63) is 33.8 Å². The zero-order chi connectivity index (χ0) is 9.14. The summed E-state index contributed by atoms with van der Waals surface area (Å²) in [6.45, 7) is 0.0672. The van der Waals surface area contributed by atoms with Crippen LogP contribution in [-0.2, 0) is 6.54 Å². The summed E-state index contributed by atoms with van der Waals surface area (Å²) in [6.07, 6.45) is 0. The molecule has 5 heteroatoms. The molecule has 0 saturated heterocycles. The standard InChI is InChI=1S/C7H6BrF2NO/c8-5-2-7(10)6(9)1-4(5)3-11-12/h1-2,11-12H,3H2. The number of halogens is 3. The second kappa shape index (κ2) is 3.93. The molecule has 2 nitrogen and oxygen atoms in total. The topological polar surface area (TPSA) is 32.3 Å². The minimum atomic E-state index is -0.927. The summed E-state index contributed by atoms with van der Waals surface area (Å²) in [7, 11) is 0. The van der Waals surface area contributed by atoms with Crippen LogP contribution in [-0.4, -0.2) is 5.21 Å². The Hall–Kier alpha value is -0.520. The summed E-state index contributed by atoms with van der Waals surface area (Å²) in [4.78, 5) is 0. The van der Waals surface area contributed by atoms with Crippen LogP contribution in [0.25, 0.3) is 0 Å². The molecular weight excluding hydrogens is 232 g/mol. The molecule has 0 aliphatic heterocycles. The Kier molecular flexibility index (Phi) is 3.13. The fourth-order valence-corrected chi connectivity index (χ4v) is 1.24. The number of rotatable bonds is 2. The number of nitrogens with one attached hydrogen (secondary N) is 1. The molecule has 1 aromatic carbocycles. The van der Waals surface area contributed by atoms with Crippen molar-refractivity contribution < 1.29 is 14.0 Å². The molecule has 0 fully saturated rings. The van der Waals surface area contributed by atoms with Crippen LogP contribution in [0.15, 0.2) is 16.6 Å². The molecule has 0 radical (unpaired) electrons. The molecule has 66 valence electrons. The lowest BCUT2D eigenvalue weighted by atomic mass is 10.2. The number of hydrogen-bond acceptors (Lipinski definition) is 2. The van der Waals surface area contributed by atoms with E-state index in [-0.39, 0.29) is 6.54 Å². The van der Waals surface area contributed by atoms with Crippen LogP contribution in [0.4, 0.5) is 8.78 Å². The van der Waals surface area contributed by atoms with Crippen molar-refractivity contribution in [1.29, 1.82) is 0 Å². The van der Waals surface area contributed by atoms with E-state index in [1.54, 1.807) is 0 Å². The fraction of sp³-hybridized carbons (Fsp3) is 0.143. The molecule has 0 aromatic heterocycles. The summed E-state index contributed by atoms with van der Waals surface area (Å²) < 4.78 is 25.5. The van der Waals surface area contributed by atoms with Crippen LogP contribution < -0.4 is 5.48 Å². The predicted molar refractivity (Wildman–Crippen MR) is 42.7 cm³/mol. The van der Waals surface area contributed by atoms with E-state index in [4.69, 9.17) is 5.21 Å². The first-order valence-corrected chi connectivity index (χ1v) is 3.95. The van der Waals surface area contributed by atoms with Gasteiger partial charge in [-0.25, -0.2) is 14.3 Å². The van der Waals surface area contributed by atoms with Gasteiger partial charge in [0.25, 0.3) is 0 Å². The molecule has 0 spiro atoms. The maximum Gasteiger partial charge on any atom is 0.159 e. The molecule has 0 amide bonds. The highest BCUT2D eigenvalue weighted by Crippen LogP contribution is 2.20. The normalized spacial score (nSPS) is 10.3. The average molecular weight is 238 g/mol. The van der Waals surface area contributed by atoms with Gasteiger partial charge in [-0.1, -0.05) is 15.9 Å². The van der Waals surface area contributed by atoms with Gasteiger partial charge in [-0.05, 0) is 17.7 Å². The lowest BCUT2D eigenvalue weighted by Crippen LogP contribution is -2.07. The minimum Gasteiger partial charge on any atom is -0.316 e. The van der Waals surface area contributed by atoms with Gasteiger partial charge >= 0.3 is 0 Å². The Bertz CT molecular complexity index is 293. The Morgan fingerprint density at radius 1 is 1.33 bits per heavy atom. The van der Waals surface area contributed by atoms with Crippen molar-refractivity contribution in [1.82, 2.24) is 5.48 Å². The van der Waals surface area contributed by atoms with Crippen LogP contribution >= 0.6 is 15.9 Å². The van der Waals surface area contributed by atoms with Crippen LogP contribution in [0.1, 0.15) is 5.56 Å². The molecule has 0 aliphatic rings. The third-order valence-corrected chi connectivity index (χ3v) is 2.10. The first-order chi connectivity index (χ1) is 5.65. The SMILES string of the molecule is ONCc1cc(F)c(F)cc1Br. The predicted octanol–water partition coefficient (Wildman–Crippen LogP) is 2.21. The van der Waals surface area contributed by atoms with E-state index in [1.807, 2.05) is 5.48 Å². The highest BCUT2D eigenvalue weighted by atomic mass is 79.9. The zero-order valence-corrected chi connectivity index (χ0v) is 7.53. The molecule has 0 heterocycles. The molecule has 0 unspecified atom stereocenters. The third kappa shape index (κ3) is 2.00. The van der Waals surface area contributed by atoms with Crippen molar-refractivity contribution in [2.24, 2.45) is 0 Å². The maximum atomic E-state index is 12.6. The van der Waals surface area contributed by atoms with E-state index >= 15 is 0 Å². The molecule has 12 heavy (non-hydrogen) atoms. The molecule has 0 aliphatic carbocycles. The van der Waals surface area contributed by atoms with Crippen molar-refractivity contribution in [2.45, 2.75) is 6.54 Å². The van der Waals surface area contributed by atoms with Gasteiger partial charge in [-0.3, -0.25) is 0 Å². The third-order valence-electron chi connectivity index (χ3n) is 1.36. The van der Waals surface area contributed by atoms with E-state index in [1.165, 1.54) is 0 Å². The van der Waals surface area contributed by atoms with Gasteiger partial charge in [0.05, 0.1) is 0 Å². The molecule has 1 rings (SSSR count). The van der Waals surface area contributed by atoms with Gasteiger partial charge in [0.15, 0.2) is 11.6 Å². The van der Waals surface area contributed by atoms with Gasteiger partial charge in [0, 0.05) is 11.0 Å². The van der Waals surface area contributed by atoms with E-state index in [9.17, 15) is 8.78 Å². The van der Waals surface area contributed by atoms with Crippen LogP contribution in [0, 0.1) is 11.6 Å². The van der Waals surface area contributed by atoms with E-state index in [2.05, 4.69) is 15.9 Å². The first-order valence-electron chi connectivity index (χ1n) is 3.15. The van der Waals surface area contributed by atoms with Gasteiger partial charge in [0.2, 0.25) is 0 Å².